The van der Waals surface area contributed by atoms with Gasteiger partial charge in [-0.15, -0.1) is 0 Å². The van der Waals surface area contributed by atoms with E-state index in [-0.39, 0.29) is 5.75 Å². The van der Waals surface area contributed by atoms with E-state index in [9.17, 15) is 8.42 Å². The van der Waals surface area contributed by atoms with Crippen molar-refractivity contribution in [3.8, 4) is 0 Å². The van der Waals surface area contributed by atoms with Gasteiger partial charge >= 0.3 is 0 Å². The molecule has 0 atom stereocenters. The third-order valence-corrected chi connectivity index (χ3v) is 4.71. The van der Waals surface area contributed by atoms with Gasteiger partial charge in [0.15, 0.2) is 0 Å². The number of halogens is 1. The summed E-state index contributed by atoms with van der Waals surface area (Å²) in [4.78, 5) is 0. The predicted octanol–water partition coefficient (Wildman–Crippen LogP) is 2.23. The van der Waals surface area contributed by atoms with E-state index in [0.717, 1.165) is 19.3 Å². The molecule has 0 aromatic rings. The average molecular weight is 305 g/mol. The minimum atomic E-state index is -2.97. The fourth-order valence-electron chi connectivity index (χ4n) is 0.934. The van der Waals surface area contributed by atoms with Gasteiger partial charge in [0.25, 0.3) is 0 Å². The first-order valence-corrected chi connectivity index (χ1v) is 6.95. The Balaban J connectivity index is 3.32. The van der Waals surface area contributed by atoms with Gasteiger partial charge in [0, 0.05) is 22.9 Å². The summed E-state index contributed by atoms with van der Waals surface area (Å²) >= 11 is 1.66. The first kappa shape index (κ1) is 12.6. The molecule has 0 bridgehead atoms. The minimum absolute atomic E-state index is 0.264. The topological polar surface area (TPSA) is 46.2 Å². The number of unbranched alkanes of at least 4 members (excludes halogenated alkanes) is 4. The molecule has 74 valence electrons. The van der Waals surface area contributed by atoms with Crippen molar-refractivity contribution < 1.29 is 8.42 Å². The number of sulfonamides is 1. The summed E-state index contributed by atoms with van der Waals surface area (Å²) in [7, 11) is -2.97. The lowest BCUT2D eigenvalue weighted by Gasteiger charge is -2.00. The molecule has 0 amide bonds. The zero-order valence-electron chi connectivity index (χ0n) is 7.35. The van der Waals surface area contributed by atoms with E-state index in [1.54, 1.807) is 22.9 Å². The number of hydrogen-bond acceptors (Lipinski definition) is 2. The lowest BCUT2D eigenvalue weighted by Crippen LogP contribution is -2.16. The molecule has 0 unspecified atom stereocenters. The van der Waals surface area contributed by atoms with Crippen molar-refractivity contribution in [1.29, 1.82) is 0 Å². The smallest absolute Gasteiger partial charge is 0.212 e. The van der Waals surface area contributed by atoms with Gasteiger partial charge in [-0.05, 0) is 6.42 Å². The van der Waals surface area contributed by atoms with Crippen LogP contribution in [0.2, 0.25) is 0 Å². The molecule has 0 aliphatic heterocycles. The standard InChI is InChI=1S/C7H16INO2S/c1-2-3-4-5-6-7-12(10,11)9-8/h9H,2-7H2,1H3. The molecule has 0 aromatic heterocycles. The number of rotatable bonds is 7. The maximum Gasteiger partial charge on any atom is 0.220 e. The van der Waals surface area contributed by atoms with Crippen LogP contribution in [-0.4, -0.2) is 14.2 Å². The Hall–Kier alpha value is 0.640. The van der Waals surface area contributed by atoms with E-state index in [0.29, 0.717) is 0 Å². The highest BCUT2D eigenvalue weighted by Gasteiger charge is 2.05. The summed E-state index contributed by atoms with van der Waals surface area (Å²) in [6, 6.07) is 0. The molecule has 0 heterocycles. The lowest BCUT2D eigenvalue weighted by molar-refractivity contribution is 0.586. The second-order valence-electron chi connectivity index (χ2n) is 2.81. The van der Waals surface area contributed by atoms with Crippen molar-refractivity contribution >= 4 is 32.9 Å². The molecule has 0 radical (unpaired) electrons. The second-order valence-corrected chi connectivity index (χ2v) is 5.92. The summed E-state index contributed by atoms with van der Waals surface area (Å²) in [6.45, 7) is 2.14. The van der Waals surface area contributed by atoms with Crippen molar-refractivity contribution in [2.45, 2.75) is 39.0 Å². The Labute approximate surface area is 88.9 Å². The lowest BCUT2D eigenvalue weighted by atomic mass is 10.2. The van der Waals surface area contributed by atoms with Gasteiger partial charge in [-0.25, -0.2) is 8.42 Å². The Bertz CT molecular complexity index is 192. The normalized spacial score (nSPS) is 11.8. The van der Waals surface area contributed by atoms with Gasteiger partial charge in [0.2, 0.25) is 10.0 Å². The molecule has 0 rings (SSSR count). The molecule has 0 saturated heterocycles. The molecule has 0 aromatic carbocycles. The van der Waals surface area contributed by atoms with Crippen LogP contribution in [0.3, 0.4) is 0 Å². The zero-order chi connectivity index (χ0) is 9.45. The molecule has 0 fully saturated rings. The quantitative estimate of drug-likeness (QED) is 0.445. The zero-order valence-corrected chi connectivity index (χ0v) is 10.3. The van der Waals surface area contributed by atoms with Crippen LogP contribution in [0.15, 0.2) is 0 Å². The first-order chi connectivity index (χ1) is 5.62. The molecular formula is C7H16INO2S. The van der Waals surface area contributed by atoms with Crippen LogP contribution in [-0.2, 0) is 10.0 Å². The number of nitrogens with one attached hydrogen (secondary N) is 1. The average Bonchev–Trinajstić information content (AvgIpc) is 2.04. The van der Waals surface area contributed by atoms with Gasteiger partial charge in [-0.2, -0.15) is 2.94 Å². The Morgan fingerprint density at radius 1 is 1.17 bits per heavy atom. The molecule has 5 heteroatoms. The molecule has 12 heavy (non-hydrogen) atoms. The monoisotopic (exact) mass is 305 g/mol. The predicted molar refractivity (Wildman–Crippen MR) is 59.7 cm³/mol. The molecule has 0 spiro atoms. The van der Waals surface area contributed by atoms with Crippen LogP contribution in [0.4, 0.5) is 0 Å². The van der Waals surface area contributed by atoms with Gasteiger partial charge < -0.3 is 0 Å². The van der Waals surface area contributed by atoms with E-state index in [4.69, 9.17) is 0 Å². The first-order valence-electron chi connectivity index (χ1n) is 4.22. The van der Waals surface area contributed by atoms with Crippen molar-refractivity contribution in [2.75, 3.05) is 5.75 Å². The molecule has 3 nitrogen and oxygen atoms in total. The molecule has 0 saturated carbocycles. The van der Waals surface area contributed by atoms with Crippen LogP contribution < -0.4 is 2.94 Å². The highest BCUT2D eigenvalue weighted by atomic mass is 127. The summed E-state index contributed by atoms with van der Waals surface area (Å²) in [5, 5.41) is 0. The number of hydrogen-bond donors (Lipinski definition) is 1. The van der Waals surface area contributed by atoms with E-state index < -0.39 is 10.0 Å². The van der Waals surface area contributed by atoms with Crippen LogP contribution in [0.5, 0.6) is 0 Å². The summed E-state index contributed by atoms with van der Waals surface area (Å²) in [6.07, 6.45) is 5.34. The molecule has 1 N–H and O–H groups in total. The maximum absolute atomic E-state index is 10.9. The SMILES string of the molecule is CCCCCCCS(=O)(=O)NI. The van der Waals surface area contributed by atoms with Crippen molar-refractivity contribution in [2.24, 2.45) is 0 Å². The maximum atomic E-state index is 10.9. The van der Waals surface area contributed by atoms with Crippen molar-refractivity contribution in [1.82, 2.24) is 2.94 Å². The van der Waals surface area contributed by atoms with E-state index in [2.05, 4.69) is 9.86 Å². The summed E-state index contributed by atoms with van der Waals surface area (Å²) in [5.41, 5.74) is 0. The summed E-state index contributed by atoms with van der Waals surface area (Å²) < 4.78 is 24.1. The summed E-state index contributed by atoms with van der Waals surface area (Å²) in [5.74, 6) is 0.264. The van der Waals surface area contributed by atoms with Crippen LogP contribution in [0.25, 0.3) is 0 Å². The van der Waals surface area contributed by atoms with Gasteiger partial charge in [0.05, 0.1) is 5.75 Å². The largest absolute Gasteiger partial charge is 0.220 e. The Morgan fingerprint density at radius 3 is 2.25 bits per heavy atom. The highest BCUT2D eigenvalue weighted by molar-refractivity contribution is 14.1. The Kier molecular flexibility index (Phi) is 7.46. The second kappa shape index (κ2) is 7.08. The van der Waals surface area contributed by atoms with Gasteiger partial charge in [-0.1, -0.05) is 32.6 Å². The fraction of sp³-hybridized carbons (Fsp3) is 1.00. The Morgan fingerprint density at radius 2 is 1.75 bits per heavy atom. The van der Waals surface area contributed by atoms with Crippen LogP contribution in [0, 0.1) is 0 Å². The van der Waals surface area contributed by atoms with Crippen LogP contribution >= 0.6 is 22.9 Å². The van der Waals surface area contributed by atoms with E-state index in [1.807, 2.05) is 0 Å². The minimum Gasteiger partial charge on any atom is -0.212 e. The van der Waals surface area contributed by atoms with Gasteiger partial charge in [0.1, 0.15) is 0 Å². The van der Waals surface area contributed by atoms with E-state index in [1.165, 1.54) is 12.8 Å². The van der Waals surface area contributed by atoms with Crippen molar-refractivity contribution in [3.63, 3.8) is 0 Å². The van der Waals surface area contributed by atoms with E-state index >= 15 is 0 Å². The molecular weight excluding hydrogens is 289 g/mol. The van der Waals surface area contributed by atoms with Crippen molar-refractivity contribution in [3.05, 3.63) is 0 Å². The van der Waals surface area contributed by atoms with Crippen LogP contribution in [0.1, 0.15) is 39.0 Å². The molecule has 0 aliphatic rings. The van der Waals surface area contributed by atoms with Gasteiger partial charge in [-0.3, -0.25) is 0 Å². The third kappa shape index (κ3) is 7.30. The third-order valence-electron chi connectivity index (χ3n) is 1.63. The highest BCUT2D eigenvalue weighted by Crippen LogP contribution is 2.04. The fourth-order valence-corrected chi connectivity index (χ4v) is 2.26. The molecule has 0 aliphatic carbocycles.